The lowest BCUT2D eigenvalue weighted by Crippen LogP contribution is -2.45. The van der Waals surface area contributed by atoms with Gasteiger partial charge in [-0.2, -0.15) is 0 Å². The summed E-state index contributed by atoms with van der Waals surface area (Å²) in [6.07, 6.45) is 12.0. The van der Waals surface area contributed by atoms with E-state index in [4.69, 9.17) is 0 Å². The Balaban J connectivity index is 1.35. The van der Waals surface area contributed by atoms with E-state index in [1.807, 2.05) is 12.4 Å². The lowest BCUT2D eigenvalue weighted by Gasteiger charge is -2.33. The number of amides is 2. The van der Waals surface area contributed by atoms with Gasteiger partial charge in [0, 0.05) is 43.8 Å². The third-order valence-corrected chi connectivity index (χ3v) is 5.13. The van der Waals surface area contributed by atoms with Crippen LogP contribution in [-0.4, -0.2) is 36.7 Å². The van der Waals surface area contributed by atoms with Gasteiger partial charge >= 0.3 is 6.03 Å². The van der Waals surface area contributed by atoms with Crippen LogP contribution in [0.1, 0.15) is 44.9 Å². The van der Waals surface area contributed by atoms with Crippen molar-refractivity contribution in [3.63, 3.8) is 0 Å². The highest BCUT2D eigenvalue weighted by molar-refractivity contribution is 5.74. The van der Waals surface area contributed by atoms with Crippen molar-refractivity contribution in [3.8, 4) is 0 Å². The molecule has 2 amide bonds. The van der Waals surface area contributed by atoms with Crippen molar-refractivity contribution in [3.05, 3.63) is 24.5 Å². The van der Waals surface area contributed by atoms with E-state index in [0.29, 0.717) is 12.0 Å². The fraction of sp³-hybridized carbons (Fsp3) is 0.667. The molecule has 1 aliphatic heterocycles. The minimum absolute atomic E-state index is 0.0217. The minimum atomic E-state index is 0.0217. The highest BCUT2D eigenvalue weighted by Crippen LogP contribution is 2.22. The number of aromatic nitrogens is 1. The van der Waals surface area contributed by atoms with Gasteiger partial charge in [-0.1, -0.05) is 19.3 Å². The van der Waals surface area contributed by atoms with Crippen molar-refractivity contribution in [1.29, 1.82) is 0 Å². The van der Waals surface area contributed by atoms with Crippen molar-refractivity contribution < 1.29 is 4.79 Å². The van der Waals surface area contributed by atoms with Crippen LogP contribution in [0.4, 0.5) is 10.5 Å². The average molecular weight is 316 g/mol. The number of carbonyl (C=O) groups is 1. The third kappa shape index (κ3) is 4.85. The monoisotopic (exact) mass is 316 g/mol. The molecular weight excluding hydrogens is 288 g/mol. The standard InChI is InChI=1S/C18H28N4O/c23-18(21-16-4-2-1-3-5-16)20-14-15-8-12-22(13-9-15)17-6-10-19-11-7-17/h6-7,10-11,15-16H,1-5,8-9,12-14H2,(H2,20,21,23). The number of carbonyl (C=O) groups excluding carboxylic acids is 1. The topological polar surface area (TPSA) is 57.3 Å². The van der Waals surface area contributed by atoms with E-state index in [2.05, 4.69) is 32.7 Å². The molecule has 1 saturated carbocycles. The summed E-state index contributed by atoms with van der Waals surface area (Å²) in [6, 6.07) is 4.54. The largest absolute Gasteiger partial charge is 0.371 e. The summed E-state index contributed by atoms with van der Waals surface area (Å²) in [5, 5.41) is 6.20. The zero-order chi connectivity index (χ0) is 15.9. The second-order valence-electron chi connectivity index (χ2n) is 6.83. The van der Waals surface area contributed by atoms with Gasteiger partial charge in [0.25, 0.3) is 0 Å². The maximum absolute atomic E-state index is 12.0. The lowest BCUT2D eigenvalue weighted by molar-refractivity contribution is 0.229. The van der Waals surface area contributed by atoms with Crippen LogP contribution in [0.5, 0.6) is 0 Å². The van der Waals surface area contributed by atoms with Crippen LogP contribution >= 0.6 is 0 Å². The molecule has 1 aromatic rings. The first kappa shape index (κ1) is 16.1. The third-order valence-electron chi connectivity index (χ3n) is 5.13. The van der Waals surface area contributed by atoms with E-state index < -0.39 is 0 Å². The number of hydrogen-bond donors (Lipinski definition) is 2. The molecule has 2 heterocycles. The molecule has 5 heteroatoms. The molecule has 0 atom stereocenters. The van der Waals surface area contributed by atoms with Gasteiger partial charge in [0.15, 0.2) is 0 Å². The highest BCUT2D eigenvalue weighted by Gasteiger charge is 2.21. The van der Waals surface area contributed by atoms with Gasteiger partial charge in [0.1, 0.15) is 0 Å². The van der Waals surface area contributed by atoms with Crippen LogP contribution in [0.15, 0.2) is 24.5 Å². The first-order valence-electron chi connectivity index (χ1n) is 9.00. The quantitative estimate of drug-likeness (QED) is 0.898. The summed E-state index contributed by atoms with van der Waals surface area (Å²) in [4.78, 5) is 18.5. The molecule has 3 rings (SSSR count). The molecular formula is C18H28N4O. The van der Waals surface area contributed by atoms with Gasteiger partial charge in [-0.15, -0.1) is 0 Å². The maximum Gasteiger partial charge on any atom is 0.315 e. The molecule has 23 heavy (non-hydrogen) atoms. The highest BCUT2D eigenvalue weighted by atomic mass is 16.2. The Kier molecular flexibility index (Phi) is 5.72. The molecule has 0 unspecified atom stereocenters. The summed E-state index contributed by atoms with van der Waals surface area (Å²) in [5.41, 5.74) is 1.25. The Morgan fingerprint density at radius 3 is 2.48 bits per heavy atom. The fourth-order valence-electron chi connectivity index (χ4n) is 3.67. The molecule has 2 aliphatic rings. The summed E-state index contributed by atoms with van der Waals surface area (Å²) in [6.45, 7) is 2.91. The Labute approximate surface area is 138 Å². The number of nitrogens with zero attached hydrogens (tertiary/aromatic N) is 2. The molecule has 126 valence electrons. The van der Waals surface area contributed by atoms with Crippen molar-refractivity contribution in [2.75, 3.05) is 24.5 Å². The molecule has 1 aliphatic carbocycles. The maximum atomic E-state index is 12.0. The van der Waals surface area contributed by atoms with Crippen molar-refractivity contribution in [1.82, 2.24) is 15.6 Å². The van der Waals surface area contributed by atoms with Gasteiger partial charge < -0.3 is 15.5 Å². The fourth-order valence-corrected chi connectivity index (χ4v) is 3.67. The SMILES string of the molecule is O=C(NCC1CCN(c2ccncc2)CC1)NC1CCCCC1. The molecule has 0 radical (unpaired) electrons. The van der Waals surface area contributed by atoms with Crippen LogP contribution < -0.4 is 15.5 Å². The molecule has 0 spiro atoms. The number of rotatable bonds is 4. The van der Waals surface area contributed by atoms with Crippen LogP contribution in [0.3, 0.4) is 0 Å². The predicted molar refractivity (Wildman–Crippen MR) is 92.6 cm³/mol. The van der Waals surface area contributed by atoms with E-state index in [0.717, 1.165) is 45.3 Å². The number of urea groups is 1. The zero-order valence-electron chi connectivity index (χ0n) is 13.8. The Bertz CT molecular complexity index is 479. The first-order chi connectivity index (χ1) is 11.3. The van der Waals surface area contributed by atoms with Crippen LogP contribution in [0, 0.1) is 5.92 Å². The van der Waals surface area contributed by atoms with E-state index in [1.54, 1.807) is 0 Å². The van der Waals surface area contributed by atoms with Crippen molar-refractivity contribution in [2.24, 2.45) is 5.92 Å². The van der Waals surface area contributed by atoms with Crippen LogP contribution in [0.2, 0.25) is 0 Å². The first-order valence-corrected chi connectivity index (χ1v) is 9.00. The molecule has 2 fully saturated rings. The number of piperidine rings is 1. The van der Waals surface area contributed by atoms with Gasteiger partial charge in [0.2, 0.25) is 0 Å². The second kappa shape index (κ2) is 8.18. The predicted octanol–water partition coefficient (Wildman–Crippen LogP) is 2.93. The van der Waals surface area contributed by atoms with Gasteiger partial charge in [-0.25, -0.2) is 4.79 Å². The van der Waals surface area contributed by atoms with E-state index in [-0.39, 0.29) is 6.03 Å². The minimum Gasteiger partial charge on any atom is -0.371 e. The average Bonchev–Trinajstić information content (AvgIpc) is 2.62. The van der Waals surface area contributed by atoms with Crippen molar-refractivity contribution >= 4 is 11.7 Å². The molecule has 0 aromatic carbocycles. The van der Waals surface area contributed by atoms with Crippen LogP contribution in [-0.2, 0) is 0 Å². The van der Waals surface area contributed by atoms with E-state index in [9.17, 15) is 4.79 Å². The number of anilines is 1. The van der Waals surface area contributed by atoms with Crippen LogP contribution in [0.25, 0.3) is 0 Å². The number of pyridine rings is 1. The molecule has 0 bridgehead atoms. The Morgan fingerprint density at radius 2 is 1.78 bits per heavy atom. The summed E-state index contributed by atoms with van der Waals surface area (Å²) in [5.74, 6) is 0.588. The summed E-state index contributed by atoms with van der Waals surface area (Å²) >= 11 is 0. The van der Waals surface area contributed by atoms with Gasteiger partial charge in [-0.05, 0) is 43.7 Å². The smallest absolute Gasteiger partial charge is 0.315 e. The Morgan fingerprint density at radius 1 is 1.09 bits per heavy atom. The summed E-state index contributed by atoms with van der Waals surface area (Å²) in [7, 11) is 0. The molecule has 1 saturated heterocycles. The van der Waals surface area contributed by atoms with E-state index >= 15 is 0 Å². The molecule has 1 aromatic heterocycles. The van der Waals surface area contributed by atoms with Gasteiger partial charge in [0.05, 0.1) is 0 Å². The normalized spacial score (nSPS) is 20.3. The number of hydrogen-bond acceptors (Lipinski definition) is 3. The van der Waals surface area contributed by atoms with E-state index in [1.165, 1.54) is 24.9 Å². The van der Waals surface area contributed by atoms with Gasteiger partial charge in [-0.3, -0.25) is 4.98 Å². The summed E-state index contributed by atoms with van der Waals surface area (Å²) < 4.78 is 0. The Hall–Kier alpha value is -1.78. The lowest BCUT2D eigenvalue weighted by atomic mass is 9.95. The zero-order valence-corrected chi connectivity index (χ0v) is 13.8. The molecule has 2 N–H and O–H groups in total. The molecule has 5 nitrogen and oxygen atoms in total. The van der Waals surface area contributed by atoms with Crippen molar-refractivity contribution in [2.45, 2.75) is 51.0 Å². The second-order valence-corrected chi connectivity index (χ2v) is 6.83. The number of nitrogens with one attached hydrogen (secondary N) is 2.